The van der Waals surface area contributed by atoms with Crippen molar-refractivity contribution >= 4 is 143 Å². The Bertz CT molecular complexity index is 6260. The second-order valence-corrected chi connectivity index (χ2v) is 30.0. The highest BCUT2D eigenvalue weighted by Crippen LogP contribution is 2.54. The van der Waals surface area contributed by atoms with Gasteiger partial charge in [0.15, 0.2) is 5.82 Å². The van der Waals surface area contributed by atoms with Crippen LogP contribution in [0.3, 0.4) is 0 Å². The number of para-hydroxylation sites is 4. The van der Waals surface area contributed by atoms with Gasteiger partial charge in [-0.1, -0.05) is 296 Å². The van der Waals surface area contributed by atoms with Crippen molar-refractivity contribution in [2.75, 3.05) is 24.5 Å². The number of halogens is 2. The summed E-state index contributed by atoms with van der Waals surface area (Å²) >= 11 is 1.76. The van der Waals surface area contributed by atoms with Crippen molar-refractivity contribution in [1.29, 1.82) is 0 Å². The lowest BCUT2D eigenvalue weighted by molar-refractivity contribution is 0.585. The third-order valence-electron chi connectivity index (χ3n) is 22.6. The molecular weight excluding hydrogens is 1390 g/mol. The molecule has 4 heterocycles. The zero-order valence-electron chi connectivity index (χ0n) is 60.7. The fourth-order valence-electron chi connectivity index (χ4n) is 17.6. The largest absolute Gasteiger partial charge is 0.311 e. The van der Waals surface area contributed by atoms with Crippen LogP contribution in [0.4, 0.5) is 94.1 Å². The van der Waals surface area contributed by atoms with Crippen LogP contribution in [0.25, 0.3) is 55.6 Å². The van der Waals surface area contributed by atoms with E-state index in [1.54, 1.807) is 11.8 Å². The molecule has 0 aliphatic carbocycles. The van der Waals surface area contributed by atoms with E-state index in [-0.39, 0.29) is 12.4 Å². The summed E-state index contributed by atoms with van der Waals surface area (Å²) in [6.45, 7) is -0.670. The summed E-state index contributed by atoms with van der Waals surface area (Å²) in [6, 6.07) is 143. The quantitative estimate of drug-likeness (QED) is 0.100. The van der Waals surface area contributed by atoms with Crippen LogP contribution in [-0.2, 0) is 0 Å². The maximum absolute atomic E-state index is 18.9. The number of hydrogen-bond acceptors (Lipinski definition) is 6. The Hall–Kier alpha value is -13.9. The van der Waals surface area contributed by atoms with Crippen LogP contribution in [0.2, 0.25) is 0 Å². The molecule has 0 saturated carbocycles. The first kappa shape index (κ1) is 66.3. The third kappa shape index (κ3) is 11.4. The minimum Gasteiger partial charge on any atom is -0.311 e. The van der Waals surface area contributed by atoms with E-state index in [0.717, 1.165) is 162 Å². The van der Waals surface area contributed by atoms with Crippen molar-refractivity contribution in [3.63, 3.8) is 0 Å². The van der Waals surface area contributed by atoms with Gasteiger partial charge in [0.05, 0.1) is 11.4 Å². The summed E-state index contributed by atoms with van der Waals surface area (Å²) in [5.41, 5.74) is 30.2. The predicted octanol–water partition coefficient (Wildman–Crippen LogP) is 24.1. The molecule has 0 atom stereocenters. The second-order valence-electron chi connectivity index (χ2n) is 29.0. The zero-order valence-corrected chi connectivity index (χ0v) is 61.6. The van der Waals surface area contributed by atoms with E-state index < -0.39 is 18.3 Å². The predicted molar refractivity (Wildman–Crippen MR) is 467 cm³/mol. The van der Waals surface area contributed by atoms with Crippen LogP contribution in [0.1, 0.15) is 0 Å². The standard InChI is InChI=1S/C102H67B2F2N5S/c105-77-60-86(76-34-16-5-17-35-76)102(91(106)61-77)111-94-67-98-90(104-88-41-23-25-43-93(88)110(79-38-20-7-21-39-79)97-64-85(65-99(112-98)101(97)104)108(82-56-48-74(49-57-82)70-30-12-3-13-31-70)83-58-50-75(51-59-83)71-32-14-4-15-33-71)66-89(94)103-87-40-22-24-42-92(87)109(78-36-18-6-19-37-78)95-62-84(63-96(111)100(95)103)107(80-52-44-72(45-53-80)68-26-8-1-9-27-68)81-54-46-73(47-55-81)69-28-10-2-11-29-69/h1-67H. The van der Waals surface area contributed by atoms with Gasteiger partial charge in [-0.25, -0.2) is 8.78 Å². The SMILES string of the molecule is Fc1cc(F)c(N2c3cc4c(cc3B3c5ccccc5N(c5ccccc5)c5cc(N(c6ccc(-c7ccccc7)cc6)c6ccc(-c7ccccc7)cc6)cc2c53)B2c3ccccc3N(c3ccccc3)c3cc(N(c5ccc(-c6ccccc6)cc5)c5ccc(-c6ccccc6)cc5)cc(c32)S4)c(-c2ccccc2)c1. The molecule has 10 heteroatoms. The molecule has 4 aliphatic heterocycles. The second kappa shape index (κ2) is 27.6. The Balaban J connectivity index is 0.831. The molecule has 0 unspecified atom stereocenters. The summed E-state index contributed by atoms with van der Waals surface area (Å²) in [6.07, 6.45) is 0. The van der Waals surface area contributed by atoms with E-state index in [1.165, 1.54) is 17.0 Å². The molecule has 0 aromatic heterocycles. The van der Waals surface area contributed by atoms with Crippen molar-refractivity contribution in [3.8, 4) is 55.6 Å². The Kier molecular flexibility index (Phi) is 16.4. The Morgan fingerprint density at radius 2 is 0.571 bits per heavy atom. The minimum absolute atomic E-state index is 0.238. The van der Waals surface area contributed by atoms with Gasteiger partial charge in [-0.15, -0.1) is 0 Å². The molecule has 5 nitrogen and oxygen atoms in total. The molecule has 17 aromatic carbocycles. The molecule has 112 heavy (non-hydrogen) atoms. The summed E-state index contributed by atoms with van der Waals surface area (Å²) in [4.78, 5) is 13.9. The highest BCUT2D eigenvalue weighted by Gasteiger charge is 2.48. The van der Waals surface area contributed by atoms with Crippen molar-refractivity contribution in [1.82, 2.24) is 0 Å². The fraction of sp³-hybridized carbons (Fsp3) is 0. The average molecular weight is 1450 g/mol. The Morgan fingerprint density at radius 1 is 0.232 bits per heavy atom. The first-order chi connectivity index (χ1) is 55.4. The van der Waals surface area contributed by atoms with Crippen LogP contribution >= 0.6 is 11.8 Å². The maximum atomic E-state index is 18.9. The molecule has 21 rings (SSSR count). The van der Waals surface area contributed by atoms with Gasteiger partial charge in [0, 0.05) is 95.4 Å². The van der Waals surface area contributed by atoms with Crippen molar-refractivity contribution in [3.05, 3.63) is 418 Å². The molecule has 0 fully saturated rings. The van der Waals surface area contributed by atoms with Gasteiger partial charge in [0.25, 0.3) is 6.71 Å². The number of hydrogen-bond donors (Lipinski definition) is 0. The molecule has 0 amide bonds. The lowest BCUT2D eigenvalue weighted by Gasteiger charge is -2.46. The monoisotopic (exact) mass is 1450 g/mol. The lowest BCUT2D eigenvalue weighted by Crippen LogP contribution is -2.64. The number of rotatable bonds is 14. The maximum Gasteiger partial charge on any atom is 0.252 e. The molecular formula is C102H67B2F2N5S. The molecule has 0 radical (unpaired) electrons. The fourth-order valence-corrected chi connectivity index (χ4v) is 18.8. The van der Waals surface area contributed by atoms with E-state index in [2.05, 4.69) is 376 Å². The summed E-state index contributed by atoms with van der Waals surface area (Å²) < 4.78 is 35.7. The third-order valence-corrected chi connectivity index (χ3v) is 23.7. The minimum atomic E-state index is -0.690. The molecule has 526 valence electrons. The van der Waals surface area contributed by atoms with E-state index in [4.69, 9.17) is 0 Å². The van der Waals surface area contributed by atoms with Gasteiger partial charge in [-0.2, -0.15) is 0 Å². The Labute approximate surface area is 655 Å². The van der Waals surface area contributed by atoms with Gasteiger partial charge in [0.2, 0.25) is 6.71 Å². The van der Waals surface area contributed by atoms with Crippen LogP contribution < -0.4 is 57.3 Å². The number of fused-ring (bicyclic) bond motifs is 8. The van der Waals surface area contributed by atoms with Crippen molar-refractivity contribution in [2.45, 2.75) is 9.79 Å². The van der Waals surface area contributed by atoms with Gasteiger partial charge in [-0.05, 0) is 199 Å². The number of benzene rings is 17. The summed E-state index contributed by atoms with van der Waals surface area (Å²) in [5, 5.41) is 0. The summed E-state index contributed by atoms with van der Waals surface area (Å²) in [7, 11) is 0. The van der Waals surface area contributed by atoms with E-state index >= 15 is 8.78 Å². The van der Waals surface area contributed by atoms with Gasteiger partial charge < -0.3 is 24.5 Å². The normalized spacial score (nSPS) is 12.6. The molecule has 0 N–H and O–H groups in total. The van der Waals surface area contributed by atoms with E-state index in [9.17, 15) is 0 Å². The molecule has 4 aliphatic rings. The average Bonchev–Trinajstić information content (AvgIpc) is 0.683. The molecule has 17 aromatic rings. The number of anilines is 15. The molecule has 0 saturated heterocycles. The van der Waals surface area contributed by atoms with Gasteiger partial charge >= 0.3 is 0 Å². The first-order valence-electron chi connectivity index (χ1n) is 38.1. The van der Waals surface area contributed by atoms with Gasteiger partial charge in [-0.3, -0.25) is 0 Å². The van der Waals surface area contributed by atoms with Crippen LogP contribution in [0.15, 0.2) is 416 Å². The van der Waals surface area contributed by atoms with Crippen LogP contribution in [-0.4, -0.2) is 13.4 Å². The van der Waals surface area contributed by atoms with Crippen molar-refractivity contribution in [2.24, 2.45) is 0 Å². The van der Waals surface area contributed by atoms with Gasteiger partial charge in [0.1, 0.15) is 5.82 Å². The molecule has 0 spiro atoms. The van der Waals surface area contributed by atoms with Crippen LogP contribution in [0.5, 0.6) is 0 Å². The Morgan fingerprint density at radius 3 is 0.991 bits per heavy atom. The smallest absolute Gasteiger partial charge is 0.252 e. The van der Waals surface area contributed by atoms with Crippen LogP contribution in [0, 0.1) is 11.6 Å². The lowest BCUT2D eigenvalue weighted by atomic mass is 9.31. The number of nitrogens with zero attached hydrogens (tertiary/aromatic N) is 5. The highest BCUT2D eigenvalue weighted by molar-refractivity contribution is 8.00. The first-order valence-corrected chi connectivity index (χ1v) is 38.9. The summed E-state index contributed by atoms with van der Waals surface area (Å²) in [5.74, 6) is -1.36. The van der Waals surface area contributed by atoms with Crippen molar-refractivity contribution < 1.29 is 8.78 Å². The topological polar surface area (TPSA) is 16.2 Å². The van der Waals surface area contributed by atoms with E-state index in [0.29, 0.717) is 11.1 Å². The van der Waals surface area contributed by atoms with E-state index in [1.807, 2.05) is 42.5 Å². The molecule has 0 bridgehead atoms. The zero-order chi connectivity index (χ0) is 74.3. The highest BCUT2D eigenvalue weighted by atomic mass is 32.2.